The Hall–Kier alpha value is -0.570. The van der Waals surface area contributed by atoms with Crippen LogP contribution in [-0.4, -0.2) is 30.4 Å². The topological polar surface area (TPSA) is 46.3 Å². The normalized spacial score (nSPS) is 32.7. The quantitative estimate of drug-likeness (QED) is 0.640. The summed E-state index contributed by atoms with van der Waals surface area (Å²) >= 11 is 0. The van der Waals surface area contributed by atoms with Gasteiger partial charge in [0, 0.05) is 32.0 Å². The summed E-state index contributed by atoms with van der Waals surface area (Å²) in [5, 5.41) is 0. The first-order valence-corrected chi connectivity index (χ1v) is 4.68. The lowest BCUT2D eigenvalue weighted by molar-refractivity contribution is -0.126. The Bertz CT molecular complexity index is 201. The molecule has 3 nitrogen and oxygen atoms in total. The summed E-state index contributed by atoms with van der Waals surface area (Å²) in [4.78, 5) is 13.0. The van der Waals surface area contributed by atoms with Gasteiger partial charge in [-0.05, 0) is 18.8 Å². The molecule has 0 spiro atoms. The van der Waals surface area contributed by atoms with Crippen LogP contribution in [-0.2, 0) is 4.79 Å². The van der Waals surface area contributed by atoms with Gasteiger partial charge in [0.25, 0.3) is 0 Å². The molecule has 2 atom stereocenters. The third kappa shape index (κ3) is 1.33. The largest absolute Gasteiger partial charge is 0.345 e. The summed E-state index contributed by atoms with van der Waals surface area (Å²) in [6.07, 6.45) is 3.22. The number of carbonyl (C=O) groups is 1. The Morgan fingerprint density at radius 3 is 2.58 bits per heavy atom. The molecule has 0 aromatic rings. The van der Waals surface area contributed by atoms with E-state index in [1.165, 1.54) is 12.8 Å². The lowest BCUT2D eigenvalue weighted by atomic mass is 9.96. The zero-order valence-corrected chi connectivity index (χ0v) is 7.49. The van der Waals surface area contributed by atoms with Gasteiger partial charge >= 0.3 is 0 Å². The number of nitrogens with two attached hydrogens (primary N) is 1. The molecule has 2 unspecified atom stereocenters. The average molecular weight is 168 g/mol. The molecule has 0 radical (unpaired) electrons. The molecule has 12 heavy (non-hydrogen) atoms. The van der Waals surface area contributed by atoms with Crippen LogP contribution in [0.4, 0.5) is 0 Å². The van der Waals surface area contributed by atoms with Crippen molar-refractivity contribution in [2.45, 2.75) is 25.3 Å². The highest BCUT2D eigenvalue weighted by Gasteiger charge is 2.38. The maximum absolute atomic E-state index is 11.2. The summed E-state index contributed by atoms with van der Waals surface area (Å²) in [5.74, 6) is 1.40. The van der Waals surface area contributed by atoms with Gasteiger partial charge in [-0.2, -0.15) is 0 Å². The molecule has 1 aliphatic heterocycles. The van der Waals surface area contributed by atoms with Gasteiger partial charge in [0.2, 0.25) is 5.91 Å². The van der Waals surface area contributed by atoms with E-state index in [-0.39, 0.29) is 11.9 Å². The van der Waals surface area contributed by atoms with E-state index < -0.39 is 0 Å². The van der Waals surface area contributed by atoms with E-state index in [2.05, 4.69) is 0 Å². The zero-order chi connectivity index (χ0) is 8.72. The number of nitrogens with zero attached hydrogens (tertiary/aromatic N) is 1. The molecule has 1 aliphatic carbocycles. The number of rotatable bonds is 2. The van der Waals surface area contributed by atoms with Crippen molar-refractivity contribution >= 4 is 5.91 Å². The highest BCUT2D eigenvalue weighted by Crippen LogP contribution is 2.37. The van der Waals surface area contributed by atoms with E-state index in [0.717, 1.165) is 6.54 Å². The fourth-order valence-electron chi connectivity index (χ4n) is 2.02. The second-order valence-electron chi connectivity index (χ2n) is 4.15. The van der Waals surface area contributed by atoms with Gasteiger partial charge in [0.15, 0.2) is 0 Å². The van der Waals surface area contributed by atoms with Crippen molar-refractivity contribution in [2.24, 2.45) is 17.6 Å². The summed E-state index contributed by atoms with van der Waals surface area (Å²) in [6.45, 7) is 0.872. The Labute approximate surface area is 72.9 Å². The molecule has 3 heteroatoms. The molecule has 0 aromatic heterocycles. The van der Waals surface area contributed by atoms with Crippen molar-refractivity contribution < 1.29 is 4.79 Å². The van der Waals surface area contributed by atoms with Gasteiger partial charge in [-0.25, -0.2) is 0 Å². The SMILES string of the molecule is CN1CC(C(N)C2CC2)CC1=O. The fourth-order valence-corrected chi connectivity index (χ4v) is 2.02. The molecule has 0 bridgehead atoms. The first-order chi connectivity index (χ1) is 5.68. The van der Waals surface area contributed by atoms with Gasteiger partial charge in [0.05, 0.1) is 0 Å². The third-order valence-electron chi connectivity index (χ3n) is 3.08. The van der Waals surface area contributed by atoms with E-state index in [9.17, 15) is 4.79 Å². The van der Waals surface area contributed by atoms with E-state index in [0.29, 0.717) is 18.3 Å². The van der Waals surface area contributed by atoms with E-state index in [1.54, 1.807) is 4.90 Å². The van der Waals surface area contributed by atoms with Crippen molar-refractivity contribution in [2.75, 3.05) is 13.6 Å². The zero-order valence-electron chi connectivity index (χ0n) is 7.49. The Morgan fingerprint density at radius 2 is 2.17 bits per heavy atom. The smallest absolute Gasteiger partial charge is 0.222 e. The lowest BCUT2D eigenvalue weighted by Gasteiger charge is -2.17. The van der Waals surface area contributed by atoms with E-state index in [1.807, 2.05) is 7.05 Å². The second-order valence-corrected chi connectivity index (χ2v) is 4.15. The van der Waals surface area contributed by atoms with E-state index >= 15 is 0 Å². The van der Waals surface area contributed by atoms with Crippen LogP contribution in [0.15, 0.2) is 0 Å². The predicted molar refractivity (Wildman–Crippen MR) is 46.4 cm³/mol. The first-order valence-electron chi connectivity index (χ1n) is 4.68. The molecular weight excluding hydrogens is 152 g/mol. The number of hydrogen-bond acceptors (Lipinski definition) is 2. The maximum Gasteiger partial charge on any atom is 0.222 e. The molecule has 0 aromatic carbocycles. The third-order valence-corrected chi connectivity index (χ3v) is 3.08. The molecule has 1 amide bonds. The first kappa shape index (κ1) is 8.05. The van der Waals surface area contributed by atoms with Crippen molar-refractivity contribution in [1.29, 1.82) is 0 Å². The van der Waals surface area contributed by atoms with Crippen molar-refractivity contribution in [3.05, 3.63) is 0 Å². The number of likely N-dealkylation sites (tertiary alicyclic amines) is 1. The number of hydrogen-bond donors (Lipinski definition) is 1. The Balaban J connectivity index is 1.93. The fraction of sp³-hybridized carbons (Fsp3) is 0.889. The van der Waals surface area contributed by atoms with Gasteiger partial charge in [-0.1, -0.05) is 0 Å². The molecule has 2 fully saturated rings. The lowest BCUT2D eigenvalue weighted by Crippen LogP contribution is -2.33. The summed E-state index contributed by atoms with van der Waals surface area (Å²) in [6, 6.07) is 0.277. The highest BCUT2D eigenvalue weighted by atomic mass is 16.2. The summed E-state index contributed by atoms with van der Waals surface area (Å²) in [5.41, 5.74) is 6.03. The predicted octanol–water partition coefficient (Wildman–Crippen LogP) is 0.202. The minimum Gasteiger partial charge on any atom is -0.345 e. The molecule has 1 heterocycles. The highest BCUT2D eigenvalue weighted by molar-refractivity contribution is 5.78. The minimum absolute atomic E-state index is 0.260. The number of amides is 1. The Morgan fingerprint density at radius 1 is 1.50 bits per heavy atom. The summed E-state index contributed by atoms with van der Waals surface area (Å²) < 4.78 is 0. The summed E-state index contributed by atoms with van der Waals surface area (Å²) in [7, 11) is 1.86. The number of carbonyl (C=O) groups excluding carboxylic acids is 1. The molecule has 2 rings (SSSR count). The van der Waals surface area contributed by atoms with Crippen LogP contribution in [0.2, 0.25) is 0 Å². The molecule has 2 aliphatic rings. The van der Waals surface area contributed by atoms with Gasteiger partial charge in [-0.15, -0.1) is 0 Å². The monoisotopic (exact) mass is 168 g/mol. The van der Waals surface area contributed by atoms with Crippen molar-refractivity contribution in [3.8, 4) is 0 Å². The molecule has 2 N–H and O–H groups in total. The van der Waals surface area contributed by atoms with Crippen molar-refractivity contribution in [1.82, 2.24) is 4.90 Å². The van der Waals surface area contributed by atoms with Gasteiger partial charge in [-0.3, -0.25) is 4.79 Å². The van der Waals surface area contributed by atoms with Crippen LogP contribution in [0.5, 0.6) is 0 Å². The van der Waals surface area contributed by atoms with Gasteiger partial charge < -0.3 is 10.6 Å². The maximum atomic E-state index is 11.2. The minimum atomic E-state index is 0.260. The van der Waals surface area contributed by atoms with Crippen LogP contribution < -0.4 is 5.73 Å². The average Bonchev–Trinajstić information content (AvgIpc) is 2.80. The van der Waals surface area contributed by atoms with Crippen LogP contribution in [0.1, 0.15) is 19.3 Å². The van der Waals surface area contributed by atoms with Crippen LogP contribution >= 0.6 is 0 Å². The van der Waals surface area contributed by atoms with E-state index in [4.69, 9.17) is 5.73 Å². The standard InChI is InChI=1S/C9H16N2O/c1-11-5-7(4-8(11)12)9(10)6-2-3-6/h6-7,9H,2-5,10H2,1H3. The van der Waals surface area contributed by atoms with Crippen molar-refractivity contribution in [3.63, 3.8) is 0 Å². The van der Waals surface area contributed by atoms with Crippen LogP contribution in [0.25, 0.3) is 0 Å². The molecular formula is C9H16N2O. The molecule has 1 saturated carbocycles. The second kappa shape index (κ2) is 2.73. The molecule has 1 saturated heterocycles. The van der Waals surface area contributed by atoms with Gasteiger partial charge in [0.1, 0.15) is 0 Å². The molecule has 68 valence electrons. The Kier molecular flexibility index (Phi) is 1.83. The van der Waals surface area contributed by atoms with Crippen LogP contribution in [0.3, 0.4) is 0 Å². The van der Waals surface area contributed by atoms with Crippen LogP contribution in [0, 0.1) is 11.8 Å².